The summed E-state index contributed by atoms with van der Waals surface area (Å²) in [6.45, 7) is 0. The van der Waals surface area contributed by atoms with Crippen LogP contribution in [0.1, 0.15) is 22.3 Å². The highest BCUT2D eigenvalue weighted by molar-refractivity contribution is 7.26. The molecule has 3 nitrogen and oxygen atoms in total. The Morgan fingerprint density at radius 1 is 0.196 bits per heavy atom. The molecule has 4 heteroatoms. The van der Waals surface area contributed by atoms with E-state index in [1.807, 2.05) is 35.7 Å². The Morgan fingerprint density at radius 3 is 1.09 bits per heavy atom. The molecule has 0 N–H and O–H groups in total. The van der Waals surface area contributed by atoms with Gasteiger partial charge < -0.3 is 8.97 Å². The fourth-order valence-electron chi connectivity index (χ4n) is 22.8. The number of imidazole rings is 1. The summed E-state index contributed by atoms with van der Waals surface area (Å²) in [5, 5.41) is 28.5. The van der Waals surface area contributed by atoms with Gasteiger partial charge in [0.25, 0.3) is 0 Å². The van der Waals surface area contributed by atoms with Crippen LogP contribution in [0, 0.1) is 0 Å². The number of nitrogens with zero attached hydrogens (tertiary/aromatic N) is 3. The van der Waals surface area contributed by atoms with E-state index in [9.17, 15) is 0 Å². The van der Waals surface area contributed by atoms with Gasteiger partial charge in [0.1, 0.15) is 5.65 Å². The molecule has 0 bridgehead atoms. The average molecular weight is 1770 g/mol. The number of benzene rings is 24. The van der Waals surface area contributed by atoms with Crippen LogP contribution in [-0.4, -0.2) is 14.0 Å². The van der Waals surface area contributed by atoms with Crippen LogP contribution in [0.3, 0.4) is 0 Å². The Labute approximate surface area is 802 Å². The summed E-state index contributed by atoms with van der Waals surface area (Å²) in [6.07, 6.45) is 4.11. The van der Waals surface area contributed by atoms with Gasteiger partial charge >= 0.3 is 0 Å². The minimum absolute atomic E-state index is 0.412. The van der Waals surface area contributed by atoms with Crippen LogP contribution in [0.2, 0.25) is 0 Å². The van der Waals surface area contributed by atoms with Crippen molar-refractivity contribution in [1.29, 1.82) is 0 Å². The van der Waals surface area contributed by atoms with E-state index in [-0.39, 0.29) is 0 Å². The smallest absolute Gasteiger partial charge is 0.137 e. The molecule has 0 amide bonds. The first-order valence-electron chi connectivity index (χ1n) is 47.6. The first-order valence-corrected chi connectivity index (χ1v) is 48.4. The molecule has 0 saturated heterocycles. The van der Waals surface area contributed by atoms with Crippen LogP contribution in [0.15, 0.2) is 516 Å². The van der Waals surface area contributed by atoms with Gasteiger partial charge in [-0.2, -0.15) is 0 Å². The fourth-order valence-corrected chi connectivity index (χ4v) is 24.0. The topological polar surface area (TPSA) is 22.2 Å². The summed E-state index contributed by atoms with van der Waals surface area (Å²) in [7, 11) is 0. The summed E-state index contributed by atoms with van der Waals surface area (Å²) in [5.41, 5.74) is 28.8. The van der Waals surface area contributed by atoms with E-state index in [0.717, 1.165) is 16.9 Å². The van der Waals surface area contributed by atoms with Crippen LogP contribution in [0.25, 0.3) is 239 Å². The third kappa shape index (κ3) is 13.2. The van der Waals surface area contributed by atoms with Crippen molar-refractivity contribution in [3.63, 3.8) is 0 Å². The minimum atomic E-state index is -0.412. The van der Waals surface area contributed by atoms with E-state index in [0.29, 0.717) is 0 Å². The van der Waals surface area contributed by atoms with Crippen molar-refractivity contribution in [2.45, 2.75) is 5.41 Å². The molecule has 642 valence electrons. The van der Waals surface area contributed by atoms with Gasteiger partial charge in [0.2, 0.25) is 0 Å². The van der Waals surface area contributed by atoms with Gasteiger partial charge in [-0.3, -0.25) is 0 Å². The van der Waals surface area contributed by atoms with E-state index in [2.05, 4.69) is 500 Å². The first kappa shape index (κ1) is 80.0. The maximum absolute atomic E-state index is 4.75. The number of fused-ring (bicyclic) bond motifs is 28. The van der Waals surface area contributed by atoms with Crippen molar-refractivity contribution < 1.29 is 0 Å². The predicted molar refractivity (Wildman–Crippen MR) is 588 cm³/mol. The predicted octanol–water partition coefficient (Wildman–Crippen LogP) is 36.6. The Bertz CT molecular complexity index is 9610. The highest BCUT2D eigenvalue weighted by Crippen LogP contribution is 2.58. The molecule has 24 aromatic carbocycles. The Hall–Kier alpha value is -17.7. The number of para-hydroxylation sites is 2. The SMILES string of the molecule is c1ccc(-n2c3ccccc3c3cc(-c4cc(-c5ccc6c7ccccc7c7ccccc7c6c5)cc(-c5cccc6c5sc5ccccc56)c4)ccc32)cc1.c1ccc(C2(c3ccccc3)c3ccccc3-c3ccc(-c4cccc(-c5ccc6c7ccccc7c7ccccc7c6c5)c4)cc32)cc1.c1ccc2c(c1)c1ccccc1c1cc(-c3ccc(-c4cn5ccccc5n4)cc3)ccc21. The normalized spacial score (nSPS) is 12.3. The Morgan fingerprint density at radius 2 is 0.551 bits per heavy atom. The largest absolute Gasteiger partial charge is 0.309 e. The summed E-state index contributed by atoms with van der Waals surface area (Å²) < 4.78 is 7.10. The second-order valence-electron chi connectivity index (χ2n) is 36.6. The second-order valence-corrected chi connectivity index (χ2v) is 37.6. The summed E-state index contributed by atoms with van der Waals surface area (Å²) >= 11 is 1.89. The van der Waals surface area contributed by atoms with Crippen molar-refractivity contribution in [1.82, 2.24) is 14.0 Å². The minimum Gasteiger partial charge on any atom is -0.309 e. The lowest BCUT2D eigenvalue weighted by Crippen LogP contribution is -2.28. The molecule has 28 aromatic rings. The second kappa shape index (κ2) is 32.9. The van der Waals surface area contributed by atoms with Gasteiger partial charge in [-0.15, -0.1) is 11.3 Å². The maximum Gasteiger partial charge on any atom is 0.137 e. The van der Waals surface area contributed by atoms with E-state index >= 15 is 0 Å². The zero-order valence-electron chi connectivity index (χ0n) is 75.3. The molecule has 0 radical (unpaired) electrons. The molecule has 4 aromatic heterocycles. The summed E-state index contributed by atoms with van der Waals surface area (Å²) in [5.74, 6) is 0. The van der Waals surface area contributed by atoms with Gasteiger partial charge in [-0.25, -0.2) is 4.98 Å². The molecule has 0 spiro atoms. The average Bonchev–Trinajstić information content (AvgIpc) is 1.53. The molecular weight excluding hydrogens is 1680 g/mol. The molecule has 0 atom stereocenters. The molecule has 0 unspecified atom stereocenters. The molecule has 4 heterocycles. The van der Waals surface area contributed by atoms with Gasteiger partial charge in [-0.1, -0.05) is 406 Å². The zero-order chi connectivity index (χ0) is 90.9. The van der Waals surface area contributed by atoms with Crippen LogP contribution in [0.4, 0.5) is 0 Å². The number of hydrogen-bond donors (Lipinski definition) is 0. The van der Waals surface area contributed by atoms with E-state index < -0.39 is 5.41 Å². The zero-order valence-corrected chi connectivity index (χ0v) is 76.1. The molecule has 29 rings (SSSR count). The van der Waals surface area contributed by atoms with Crippen LogP contribution in [0.5, 0.6) is 0 Å². The lowest BCUT2D eigenvalue weighted by atomic mass is 9.67. The molecule has 1 aliphatic rings. The molecule has 0 aliphatic heterocycles. The molecular formula is C134H85N3S. The molecule has 138 heavy (non-hydrogen) atoms. The van der Waals surface area contributed by atoms with Crippen molar-refractivity contribution in [2.75, 3.05) is 0 Å². The number of thiophene rings is 1. The van der Waals surface area contributed by atoms with Crippen molar-refractivity contribution >= 4 is 156 Å². The van der Waals surface area contributed by atoms with Gasteiger partial charge in [0.15, 0.2) is 0 Å². The van der Waals surface area contributed by atoms with Crippen LogP contribution < -0.4 is 0 Å². The van der Waals surface area contributed by atoms with E-state index in [1.165, 1.54) is 245 Å². The first-order chi connectivity index (χ1) is 68.4. The Kier molecular flexibility index (Phi) is 19.1. The van der Waals surface area contributed by atoms with Gasteiger partial charge in [-0.05, 0) is 294 Å². The number of rotatable bonds is 10. The van der Waals surface area contributed by atoms with Crippen LogP contribution in [-0.2, 0) is 5.41 Å². The third-order valence-corrected chi connectivity index (χ3v) is 30.3. The van der Waals surface area contributed by atoms with Crippen LogP contribution >= 0.6 is 11.3 Å². The van der Waals surface area contributed by atoms with Crippen molar-refractivity contribution in [3.8, 4) is 94.8 Å². The quantitative estimate of drug-likeness (QED) is 0.125. The van der Waals surface area contributed by atoms with Crippen molar-refractivity contribution in [2.24, 2.45) is 0 Å². The van der Waals surface area contributed by atoms with E-state index in [1.54, 1.807) is 0 Å². The number of hydrogen-bond acceptors (Lipinski definition) is 2. The molecule has 0 saturated carbocycles. The number of pyridine rings is 1. The van der Waals surface area contributed by atoms with E-state index in [4.69, 9.17) is 4.98 Å². The Balaban J connectivity index is 0.000000108. The number of aromatic nitrogens is 3. The van der Waals surface area contributed by atoms with Gasteiger partial charge in [0.05, 0.1) is 22.1 Å². The van der Waals surface area contributed by atoms with Gasteiger partial charge in [0, 0.05) is 54.6 Å². The fraction of sp³-hybridized carbons (Fsp3) is 0.00746. The summed E-state index contributed by atoms with van der Waals surface area (Å²) in [4.78, 5) is 4.75. The lowest BCUT2D eigenvalue weighted by Gasteiger charge is -2.34. The standard InChI is InChI=1S/C54H33NS.C49H32.C31H20N2/c1-2-13-39(14-3-1)55-51-23-10-8-19-46(51)50-33-35(26-28-52(50)55)37-29-36(30-38(31-37)40-21-12-22-48-47-20-9-11-24-53(47)56-54(40)48)34-25-27-45-43-17-5-4-15-41(43)42-16-6-7-18-44(42)49(45)32-34;1-3-16-37(17-4-1)49(38-18-5-2-6-19-38)47-25-12-11-24-44(47)45-29-27-36(32-48(45)49)34-15-13-14-33(30-34)35-26-28-43-41-22-8-7-20-39(41)40-21-9-10-23-42(40)46(43)31-35;1-2-9-26-24(7-1)25-8-3-4-10-27(25)29-19-23(16-17-28(26)29)21-12-14-22(15-13-21)30-20-33-18-6-5-11-31(33)32-30/h1-33H;1-32H;1-20H. The summed E-state index contributed by atoms with van der Waals surface area (Å²) in [6, 6.07) is 185. The van der Waals surface area contributed by atoms with Crippen molar-refractivity contribution in [3.05, 3.63) is 538 Å². The molecule has 1 aliphatic carbocycles. The molecule has 0 fully saturated rings. The third-order valence-electron chi connectivity index (χ3n) is 29.1. The maximum atomic E-state index is 4.75. The highest BCUT2D eigenvalue weighted by Gasteiger charge is 2.46. The lowest BCUT2D eigenvalue weighted by molar-refractivity contribution is 0.769. The highest BCUT2D eigenvalue weighted by atomic mass is 32.1. The monoisotopic (exact) mass is 1770 g/mol.